The molecule has 12 rings (SSSR count). The van der Waals surface area contributed by atoms with Gasteiger partial charge in [0.05, 0.1) is 38.6 Å². The third-order valence-corrected chi connectivity index (χ3v) is 13.2. The Morgan fingerprint density at radius 1 is 0.474 bits per heavy atom. The topological polar surface area (TPSA) is 32.3 Å². The predicted octanol–water partition coefficient (Wildman–Crippen LogP) is 10.6. The first-order valence-corrected chi connectivity index (χ1v) is 20.3. The molecular weight excluding hydrogens is 711 g/mol. The first-order chi connectivity index (χ1) is 28.3. The Balaban J connectivity index is 1.31. The first-order valence-electron chi connectivity index (χ1n) is 19.4. The van der Waals surface area contributed by atoms with Gasteiger partial charge in [-0.05, 0) is 81.7 Å². The molecule has 1 aromatic heterocycles. The number of para-hydroxylation sites is 4. The van der Waals surface area contributed by atoms with Crippen molar-refractivity contribution in [2.24, 2.45) is 0 Å². The Kier molecular flexibility index (Phi) is 7.14. The van der Waals surface area contributed by atoms with Crippen molar-refractivity contribution in [2.45, 2.75) is 15.2 Å². The second-order valence-electron chi connectivity index (χ2n) is 14.9. The van der Waals surface area contributed by atoms with Gasteiger partial charge in [0.2, 0.25) is 6.71 Å². The normalized spacial score (nSPS) is 14.3. The molecule has 3 aliphatic rings. The molecule has 4 heterocycles. The predicted molar refractivity (Wildman–Crippen MR) is 236 cm³/mol. The minimum atomic E-state index is -0.644. The van der Waals surface area contributed by atoms with Gasteiger partial charge in [0.1, 0.15) is 5.52 Å². The number of hydrogen-bond donors (Lipinski definition) is 0. The van der Waals surface area contributed by atoms with E-state index in [1.54, 1.807) is 12.4 Å². The van der Waals surface area contributed by atoms with Gasteiger partial charge in [0.25, 0.3) is 0 Å². The highest BCUT2D eigenvalue weighted by atomic mass is 32.2. The van der Waals surface area contributed by atoms with Gasteiger partial charge in [-0.2, -0.15) is 0 Å². The van der Waals surface area contributed by atoms with E-state index in [0.29, 0.717) is 0 Å². The van der Waals surface area contributed by atoms with Crippen LogP contribution in [-0.2, 0) is 5.41 Å². The van der Waals surface area contributed by atoms with Crippen molar-refractivity contribution in [1.82, 2.24) is 9.97 Å². The molecule has 0 spiro atoms. The summed E-state index contributed by atoms with van der Waals surface area (Å²) in [7, 11) is 0. The molecule has 4 nitrogen and oxygen atoms in total. The van der Waals surface area contributed by atoms with Crippen LogP contribution >= 0.6 is 11.8 Å². The van der Waals surface area contributed by atoms with E-state index in [1.165, 1.54) is 59.8 Å². The molecule has 0 aliphatic carbocycles. The molecule has 266 valence electrons. The van der Waals surface area contributed by atoms with Crippen molar-refractivity contribution in [3.63, 3.8) is 0 Å². The van der Waals surface area contributed by atoms with Crippen molar-refractivity contribution in [3.8, 4) is 0 Å². The number of anilines is 6. The number of rotatable bonds is 4. The maximum Gasteiger partial charge on any atom is 0.247 e. The molecule has 57 heavy (non-hydrogen) atoms. The van der Waals surface area contributed by atoms with E-state index in [1.807, 2.05) is 11.8 Å². The van der Waals surface area contributed by atoms with E-state index < -0.39 is 5.41 Å². The maximum atomic E-state index is 4.98. The van der Waals surface area contributed by atoms with E-state index in [9.17, 15) is 0 Å². The second kappa shape index (κ2) is 12.6. The van der Waals surface area contributed by atoms with Crippen LogP contribution < -0.4 is 26.2 Å². The summed E-state index contributed by atoms with van der Waals surface area (Å²) in [4.78, 5) is 17.2. The summed E-state index contributed by atoms with van der Waals surface area (Å²) in [6.45, 7) is 0.00264. The van der Waals surface area contributed by atoms with Gasteiger partial charge in [-0.15, -0.1) is 0 Å². The quantitative estimate of drug-likeness (QED) is 0.168. The third-order valence-electron chi connectivity index (χ3n) is 12.1. The summed E-state index contributed by atoms with van der Waals surface area (Å²) in [5.74, 6) is 0. The molecule has 9 aromatic rings. The van der Waals surface area contributed by atoms with Crippen molar-refractivity contribution >= 4 is 80.0 Å². The highest BCUT2D eigenvalue weighted by molar-refractivity contribution is 8.00. The summed E-state index contributed by atoms with van der Waals surface area (Å²) < 4.78 is 0. The van der Waals surface area contributed by atoms with Crippen LogP contribution in [0.1, 0.15) is 22.3 Å². The van der Waals surface area contributed by atoms with Crippen molar-refractivity contribution < 1.29 is 0 Å². The van der Waals surface area contributed by atoms with Crippen LogP contribution in [0.2, 0.25) is 0 Å². The van der Waals surface area contributed by atoms with Gasteiger partial charge in [-0.25, -0.2) is 0 Å². The monoisotopic (exact) mass is 744 g/mol. The number of hydrogen-bond acceptors (Lipinski definition) is 5. The van der Waals surface area contributed by atoms with E-state index >= 15 is 0 Å². The zero-order chi connectivity index (χ0) is 37.5. The molecule has 0 fully saturated rings. The number of benzene rings is 8. The summed E-state index contributed by atoms with van der Waals surface area (Å²) in [5.41, 5.74) is 16.9. The Morgan fingerprint density at radius 2 is 1.09 bits per heavy atom. The number of nitrogens with zero attached hydrogens (tertiary/aromatic N) is 4. The Morgan fingerprint density at radius 3 is 1.86 bits per heavy atom. The lowest BCUT2D eigenvalue weighted by Crippen LogP contribution is -2.65. The highest BCUT2D eigenvalue weighted by Crippen LogP contribution is 2.60. The van der Waals surface area contributed by atoms with Crippen LogP contribution in [0.5, 0.6) is 0 Å². The molecule has 0 radical (unpaired) electrons. The number of fused-ring (bicyclic) bond motifs is 8. The van der Waals surface area contributed by atoms with E-state index in [0.717, 1.165) is 33.8 Å². The fourth-order valence-corrected chi connectivity index (χ4v) is 11.1. The standard InChI is InChI=1S/C51H33BN4S/c1-4-17-34(18-5-1)51(35-19-6-2-7-20-35)37-23-10-11-24-39(37)52-40-25-12-13-27-42(40)55(36-21-8-3-9-22-36)49-47(52)38(51)33-45-50(49)57-46-30-15-14-28-43(46)56(45)44-29-16-26-41-48(44)54-32-31-53-41/h1-33H. The zero-order valence-electron chi connectivity index (χ0n) is 30.8. The summed E-state index contributed by atoms with van der Waals surface area (Å²) in [6.07, 6.45) is 3.58. The lowest BCUT2D eigenvalue weighted by Gasteiger charge is -2.50. The Hall–Kier alpha value is -6.89. The van der Waals surface area contributed by atoms with Crippen LogP contribution in [0.4, 0.5) is 34.1 Å². The van der Waals surface area contributed by atoms with Crippen LogP contribution in [0.15, 0.2) is 210 Å². The van der Waals surface area contributed by atoms with Gasteiger partial charge in [-0.1, -0.05) is 157 Å². The largest absolute Gasteiger partial charge is 0.310 e. The molecule has 6 heteroatoms. The van der Waals surface area contributed by atoms with Crippen molar-refractivity contribution in [1.29, 1.82) is 0 Å². The molecule has 0 amide bonds. The van der Waals surface area contributed by atoms with Gasteiger partial charge >= 0.3 is 0 Å². The molecule has 8 aromatic carbocycles. The van der Waals surface area contributed by atoms with Crippen LogP contribution in [-0.4, -0.2) is 16.7 Å². The van der Waals surface area contributed by atoms with E-state index in [2.05, 4.69) is 198 Å². The molecule has 0 unspecified atom stereocenters. The smallest absolute Gasteiger partial charge is 0.247 e. The molecule has 0 atom stereocenters. The highest BCUT2D eigenvalue weighted by Gasteiger charge is 2.53. The lowest BCUT2D eigenvalue weighted by atomic mass is 9.29. The average molecular weight is 745 g/mol. The Bertz CT molecular complexity index is 2980. The molecule has 0 N–H and O–H groups in total. The van der Waals surface area contributed by atoms with Crippen LogP contribution in [0.3, 0.4) is 0 Å². The average Bonchev–Trinajstić information content (AvgIpc) is 3.29. The summed E-state index contributed by atoms with van der Waals surface area (Å²) >= 11 is 1.87. The molecular formula is C51H33BN4S. The maximum absolute atomic E-state index is 4.98. The molecule has 0 bridgehead atoms. The summed E-state index contributed by atoms with van der Waals surface area (Å²) in [6, 6.07) is 69.2. The minimum Gasteiger partial charge on any atom is -0.310 e. The molecule has 0 saturated heterocycles. The number of aromatic nitrogens is 2. The van der Waals surface area contributed by atoms with Gasteiger partial charge in [-0.3, -0.25) is 9.97 Å². The van der Waals surface area contributed by atoms with E-state index in [-0.39, 0.29) is 6.71 Å². The molecule has 0 saturated carbocycles. The van der Waals surface area contributed by atoms with Gasteiger partial charge < -0.3 is 9.80 Å². The second-order valence-corrected chi connectivity index (χ2v) is 15.9. The lowest BCUT2D eigenvalue weighted by molar-refractivity contribution is 0.749. The first kappa shape index (κ1) is 32.4. The van der Waals surface area contributed by atoms with Crippen molar-refractivity contribution in [3.05, 3.63) is 223 Å². The van der Waals surface area contributed by atoms with E-state index in [4.69, 9.17) is 9.97 Å². The van der Waals surface area contributed by atoms with Gasteiger partial charge in [0.15, 0.2) is 0 Å². The minimum absolute atomic E-state index is 0.00264. The van der Waals surface area contributed by atoms with Crippen LogP contribution in [0, 0.1) is 0 Å². The molecule has 3 aliphatic heterocycles. The zero-order valence-corrected chi connectivity index (χ0v) is 31.6. The fraction of sp³-hybridized carbons (Fsp3) is 0.0196. The summed E-state index contributed by atoms with van der Waals surface area (Å²) in [5, 5.41) is 0. The SMILES string of the molecule is c1ccc(N2c3ccccc3B3c4ccccc4C(c4ccccc4)(c4ccccc4)c4cc5c(c2c43)Sc2ccccc2N5c2cccc3nccnc23)cc1. The third kappa shape index (κ3) is 4.53. The Labute approximate surface area is 336 Å². The van der Waals surface area contributed by atoms with Gasteiger partial charge in [0, 0.05) is 28.7 Å². The fourth-order valence-electron chi connectivity index (χ4n) is 9.91. The van der Waals surface area contributed by atoms with Crippen LogP contribution in [0.25, 0.3) is 11.0 Å². The van der Waals surface area contributed by atoms with Crippen molar-refractivity contribution in [2.75, 3.05) is 9.80 Å².